The summed E-state index contributed by atoms with van der Waals surface area (Å²) in [5.41, 5.74) is 3.19. The molecule has 1 saturated heterocycles. The van der Waals surface area contributed by atoms with Crippen LogP contribution in [-0.4, -0.2) is 49.5 Å². The summed E-state index contributed by atoms with van der Waals surface area (Å²) in [5, 5.41) is 2.96. The number of benzene rings is 2. The van der Waals surface area contributed by atoms with E-state index in [1.165, 1.54) is 24.8 Å². The molecule has 0 saturated carbocycles. The minimum atomic E-state index is -0.173. The standard InChI is InChI=1S/C26H33N3O3/c1-26(2,3)20-9-7-19(8-10-20)25(31)27-21-11-12-23-22(17-21)29(24(30)18-32-23)16-15-28-13-5-4-6-14-28/h7-12,17H,4-6,13-16,18H2,1-3H3,(H,27,31). The first-order chi connectivity index (χ1) is 15.3. The number of rotatable bonds is 5. The van der Waals surface area contributed by atoms with Gasteiger partial charge < -0.3 is 19.9 Å². The van der Waals surface area contributed by atoms with E-state index in [2.05, 4.69) is 31.0 Å². The number of hydrogen-bond acceptors (Lipinski definition) is 4. The normalized spacial score (nSPS) is 17.0. The van der Waals surface area contributed by atoms with Gasteiger partial charge in [-0.05, 0) is 67.2 Å². The van der Waals surface area contributed by atoms with E-state index < -0.39 is 0 Å². The van der Waals surface area contributed by atoms with E-state index >= 15 is 0 Å². The Morgan fingerprint density at radius 3 is 2.41 bits per heavy atom. The SMILES string of the molecule is CC(C)(C)c1ccc(C(=O)Nc2ccc3c(c2)N(CCN2CCCCC2)C(=O)CO3)cc1. The summed E-state index contributed by atoms with van der Waals surface area (Å²) in [4.78, 5) is 29.6. The van der Waals surface area contributed by atoms with E-state index in [-0.39, 0.29) is 23.8 Å². The van der Waals surface area contributed by atoms with Crippen molar-refractivity contribution in [3.63, 3.8) is 0 Å². The van der Waals surface area contributed by atoms with Crippen LogP contribution in [0.5, 0.6) is 5.75 Å². The predicted molar refractivity (Wildman–Crippen MR) is 128 cm³/mol. The van der Waals surface area contributed by atoms with Crippen LogP contribution in [0.3, 0.4) is 0 Å². The van der Waals surface area contributed by atoms with Gasteiger partial charge in [-0.1, -0.05) is 39.3 Å². The maximum absolute atomic E-state index is 12.8. The highest BCUT2D eigenvalue weighted by Crippen LogP contribution is 2.34. The zero-order valence-corrected chi connectivity index (χ0v) is 19.3. The number of ether oxygens (including phenoxy) is 1. The van der Waals surface area contributed by atoms with Crippen molar-refractivity contribution in [2.75, 3.05) is 43.0 Å². The van der Waals surface area contributed by atoms with Gasteiger partial charge in [0.2, 0.25) is 0 Å². The number of piperidine rings is 1. The Morgan fingerprint density at radius 1 is 1.00 bits per heavy atom. The van der Waals surface area contributed by atoms with E-state index in [1.54, 1.807) is 4.90 Å². The maximum atomic E-state index is 12.8. The number of carbonyl (C=O) groups excluding carboxylic acids is 2. The number of hydrogen-bond donors (Lipinski definition) is 1. The lowest BCUT2D eigenvalue weighted by atomic mass is 9.87. The Morgan fingerprint density at radius 2 is 1.72 bits per heavy atom. The van der Waals surface area contributed by atoms with Crippen LogP contribution < -0.4 is 15.0 Å². The smallest absolute Gasteiger partial charge is 0.265 e. The fourth-order valence-corrected chi connectivity index (χ4v) is 4.27. The number of fused-ring (bicyclic) bond motifs is 1. The quantitative estimate of drug-likeness (QED) is 0.754. The zero-order chi connectivity index (χ0) is 22.7. The van der Waals surface area contributed by atoms with Crippen molar-refractivity contribution in [3.05, 3.63) is 53.6 Å². The molecule has 0 radical (unpaired) electrons. The third kappa shape index (κ3) is 5.13. The molecule has 1 fully saturated rings. The molecule has 0 aromatic heterocycles. The highest BCUT2D eigenvalue weighted by Gasteiger charge is 2.26. The summed E-state index contributed by atoms with van der Waals surface area (Å²) in [6, 6.07) is 13.2. The van der Waals surface area contributed by atoms with E-state index in [1.807, 2.05) is 42.5 Å². The summed E-state index contributed by atoms with van der Waals surface area (Å²) < 4.78 is 5.63. The van der Waals surface area contributed by atoms with Gasteiger partial charge in [-0.15, -0.1) is 0 Å². The molecule has 0 aliphatic carbocycles. The molecule has 32 heavy (non-hydrogen) atoms. The van der Waals surface area contributed by atoms with Crippen LogP contribution in [0.2, 0.25) is 0 Å². The second-order valence-electron chi connectivity index (χ2n) is 9.70. The largest absolute Gasteiger partial charge is 0.482 e. The third-order valence-electron chi connectivity index (χ3n) is 6.26. The summed E-state index contributed by atoms with van der Waals surface area (Å²) in [6.07, 6.45) is 3.74. The fraction of sp³-hybridized carbons (Fsp3) is 0.462. The van der Waals surface area contributed by atoms with Crippen molar-refractivity contribution >= 4 is 23.2 Å². The molecule has 2 aromatic carbocycles. The Hall–Kier alpha value is -2.86. The minimum Gasteiger partial charge on any atom is -0.482 e. The van der Waals surface area contributed by atoms with Gasteiger partial charge in [-0.2, -0.15) is 0 Å². The number of amides is 2. The van der Waals surface area contributed by atoms with Gasteiger partial charge in [-0.3, -0.25) is 9.59 Å². The summed E-state index contributed by atoms with van der Waals surface area (Å²) in [6.45, 7) is 10.2. The Kier molecular flexibility index (Phi) is 6.51. The monoisotopic (exact) mass is 435 g/mol. The third-order valence-corrected chi connectivity index (χ3v) is 6.26. The molecular weight excluding hydrogens is 402 g/mol. The molecule has 2 amide bonds. The second-order valence-corrected chi connectivity index (χ2v) is 9.70. The summed E-state index contributed by atoms with van der Waals surface area (Å²) in [7, 11) is 0. The highest BCUT2D eigenvalue weighted by molar-refractivity contribution is 6.05. The van der Waals surface area contributed by atoms with E-state index in [0.29, 0.717) is 23.5 Å². The molecule has 1 N–H and O–H groups in total. The van der Waals surface area contributed by atoms with Gasteiger partial charge >= 0.3 is 0 Å². The number of anilines is 2. The Labute approximate surface area is 190 Å². The predicted octanol–water partition coefficient (Wildman–Crippen LogP) is 4.45. The van der Waals surface area contributed by atoms with E-state index in [9.17, 15) is 9.59 Å². The van der Waals surface area contributed by atoms with Gasteiger partial charge in [0, 0.05) is 24.3 Å². The Balaban J connectivity index is 1.47. The number of nitrogens with zero attached hydrogens (tertiary/aromatic N) is 2. The molecule has 2 heterocycles. The molecule has 6 nitrogen and oxygen atoms in total. The molecule has 170 valence electrons. The number of likely N-dealkylation sites (tertiary alicyclic amines) is 1. The van der Waals surface area contributed by atoms with Crippen molar-refractivity contribution in [2.24, 2.45) is 0 Å². The van der Waals surface area contributed by atoms with Crippen molar-refractivity contribution in [1.29, 1.82) is 0 Å². The van der Waals surface area contributed by atoms with Gasteiger partial charge in [-0.25, -0.2) is 0 Å². The second kappa shape index (κ2) is 9.33. The van der Waals surface area contributed by atoms with Crippen LogP contribution >= 0.6 is 0 Å². The first kappa shape index (κ1) is 22.3. The average molecular weight is 436 g/mol. The molecule has 4 rings (SSSR count). The topological polar surface area (TPSA) is 61.9 Å². The van der Waals surface area contributed by atoms with Gasteiger partial charge in [0.15, 0.2) is 6.61 Å². The highest BCUT2D eigenvalue weighted by atomic mass is 16.5. The van der Waals surface area contributed by atoms with Crippen molar-refractivity contribution in [1.82, 2.24) is 4.90 Å². The van der Waals surface area contributed by atoms with Crippen molar-refractivity contribution < 1.29 is 14.3 Å². The number of carbonyl (C=O) groups is 2. The molecule has 2 aromatic rings. The van der Waals surface area contributed by atoms with E-state index in [0.717, 1.165) is 25.3 Å². The van der Waals surface area contributed by atoms with Crippen LogP contribution in [0.15, 0.2) is 42.5 Å². The van der Waals surface area contributed by atoms with Crippen LogP contribution in [-0.2, 0) is 10.2 Å². The lowest BCUT2D eigenvalue weighted by molar-refractivity contribution is -0.121. The molecule has 2 aliphatic heterocycles. The first-order valence-corrected chi connectivity index (χ1v) is 11.5. The molecule has 0 atom stereocenters. The molecule has 0 bridgehead atoms. The molecule has 0 spiro atoms. The Bertz CT molecular complexity index is 973. The lowest BCUT2D eigenvalue weighted by Gasteiger charge is -2.33. The molecule has 2 aliphatic rings. The average Bonchev–Trinajstić information content (AvgIpc) is 2.78. The summed E-state index contributed by atoms with van der Waals surface area (Å²) in [5.74, 6) is 0.458. The van der Waals surface area contributed by atoms with Gasteiger partial charge in [0.1, 0.15) is 5.75 Å². The van der Waals surface area contributed by atoms with Crippen LogP contribution in [0, 0.1) is 0 Å². The summed E-state index contributed by atoms with van der Waals surface area (Å²) >= 11 is 0. The number of nitrogens with one attached hydrogen (secondary N) is 1. The molecular formula is C26H33N3O3. The lowest BCUT2D eigenvalue weighted by Crippen LogP contribution is -2.44. The van der Waals surface area contributed by atoms with Gasteiger partial charge in [0.25, 0.3) is 11.8 Å². The fourth-order valence-electron chi connectivity index (χ4n) is 4.27. The van der Waals surface area contributed by atoms with Crippen LogP contribution in [0.25, 0.3) is 0 Å². The van der Waals surface area contributed by atoms with Crippen molar-refractivity contribution in [2.45, 2.75) is 45.4 Å². The van der Waals surface area contributed by atoms with Crippen LogP contribution in [0.1, 0.15) is 56.0 Å². The van der Waals surface area contributed by atoms with Crippen LogP contribution in [0.4, 0.5) is 11.4 Å². The molecule has 0 unspecified atom stereocenters. The van der Waals surface area contributed by atoms with Crippen molar-refractivity contribution in [3.8, 4) is 5.75 Å². The minimum absolute atomic E-state index is 0.0394. The zero-order valence-electron chi connectivity index (χ0n) is 19.3. The maximum Gasteiger partial charge on any atom is 0.265 e. The molecule has 6 heteroatoms. The van der Waals surface area contributed by atoms with Gasteiger partial charge in [0.05, 0.1) is 5.69 Å². The first-order valence-electron chi connectivity index (χ1n) is 11.5. The van der Waals surface area contributed by atoms with E-state index in [4.69, 9.17) is 4.74 Å².